The van der Waals surface area contributed by atoms with Crippen LogP contribution in [0.3, 0.4) is 0 Å². The third-order valence-electron chi connectivity index (χ3n) is 6.00. The van der Waals surface area contributed by atoms with E-state index in [1.165, 1.54) is 0 Å². The molecule has 0 atom stereocenters. The van der Waals surface area contributed by atoms with Gasteiger partial charge < -0.3 is 20.1 Å². The molecule has 0 unspecified atom stereocenters. The summed E-state index contributed by atoms with van der Waals surface area (Å²) in [4.78, 5) is 23.5. The number of carbonyl (C=O) groups is 1. The fourth-order valence-corrected chi connectivity index (χ4v) is 4.26. The lowest BCUT2D eigenvalue weighted by Crippen LogP contribution is -2.42. The Bertz CT molecular complexity index is 925. The van der Waals surface area contributed by atoms with E-state index in [1.807, 2.05) is 12.1 Å². The molecule has 0 spiro atoms. The van der Waals surface area contributed by atoms with E-state index in [0.29, 0.717) is 47.2 Å². The van der Waals surface area contributed by atoms with Crippen molar-refractivity contribution < 1.29 is 14.6 Å². The number of pyridine rings is 2. The number of anilines is 3. The van der Waals surface area contributed by atoms with Crippen LogP contribution in [0.15, 0.2) is 30.5 Å². The van der Waals surface area contributed by atoms with Crippen LogP contribution in [0.25, 0.3) is 0 Å². The maximum atomic E-state index is 11.9. The average Bonchev–Trinajstić information content (AvgIpc) is 3.57. The topological polar surface area (TPSA) is 87.6 Å². The molecule has 0 amide bonds. The minimum Gasteiger partial charge on any atom is -0.481 e. The zero-order valence-electron chi connectivity index (χ0n) is 18.0. The number of ether oxygens (including phenoxy) is 1. The number of aliphatic carboxylic acids is 1. The summed E-state index contributed by atoms with van der Waals surface area (Å²) in [6.45, 7) is 6.76. The Balaban J connectivity index is 1.75. The van der Waals surface area contributed by atoms with Gasteiger partial charge in [-0.25, -0.2) is 9.97 Å². The van der Waals surface area contributed by atoms with Crippen molar-refractivity contribution in [2.75, 3.05) is 30.0 Å². The van der Waals surface area contributed by atoms with Crippen molar-refractivity contribution >= 4 is 34.9 Å². The highest BCUT2D eigenvalue weighted by Crippen LogP contribution is 2.48. The number of rotatable bonds is 8. The van der Waals surface area contributed by atoms with Crippen LogP contribution in [0.5, 0.6) is 0 Å². The van der Waals surface area contributed by atoms with Crippen molar-refractivity contribution in [3.8, 4) is 0 Å². The maximum Gasteiger partial charge on any atom is 0.315 e. The van der Waals surface area contributed by atoms with Crippen LogP contribution in [0, 0.1) is 5.92 Å². The van der Waals surface area contributed by atoms with E-state index < -0.39 is 11.4 Å². The third-order valence-corrected chi connectivity index (χ3v) is 6.22. The number of nitrogens with one attached hydrogen (secondary N) is 1. The van der Waals surface area contributed by atoms with E-state index in [1.54, 1.807) is 18.3 Å². The Kier molecular flexibility index (Phi) is 6.34. The number of hydrogen-bond donors (Lipinski definition) is 2. The summed E-state index contributed by atoms with van der Waals surface area (Å²) in [6.07, 6.45) is 4.71. The van der Waals surface area contributed by atoms with E-state index in [2.05, 4.69) is 29.0 Å². The van der Waals surface area contributed by atoms with E-state index in [9.17, 15) is 9.90 Å². The summed E-state index contributed by atoms with van der Waals surface area (Å²) in [7, 11) is 0. The van der Waals surface area contributed by atoms with Crippen LogP contribution in [-0.4, -0.2) is 46.8 Å². The zero-order valence-corrected chi connectivity index (χ0v) is 18.7. The molecule has 166 valence electrons. The first-order valence-corrected chi connectivity index (χ1v) is 11.2. The van der Waals surface area contributed by atoms with Gasteiger partial charge in [-0.15, -0.1) is 0 Å². The monoisotopic (exact) mass is 444 g/mol. The first kappa shape index (κ1) is 21.8. The SMILES string of the molecule is CC(C)CN(c1ccc(C2(C(=O)O)CC2)nc1Nc1ccc(Cl)cn1)C1CCOCC1. The average molecular weight is 445 g/mol. The highest BCUT2D eigenvalue weighted by atomic mass is 35.5. The predicted molar refractivity (Wildman–Crippen MR) is 121 cm³/mol. The first-order valence-electron chi connectivity index (χ1n) is 10.9. The summed E-state index contributed by atoms with van der Waals surface area (Å²) >= 11 is 5.99. The fraction of sp³-hybridized carbons (Fsp3) is 0.522. The lowest BCUT2D eigenvalue weighted by Gasteiger charge is -2.38. The van der Waals surface area contributed by atoms with E-state index in [4.69, 9.17) is 21.3 Å². The van der Waals surface area contributed by atoms with Gasteiger partial charge in [-0.1, -0.05) is 25.4 Å². The van der Waals surface area contributed by atoms with Crippen LogP contribution >= 0.6 is 11.6 Å². The van der Waals surface area contributed by atoms with Gasteiger partial charge in [-0.2, -0.15) is 0 Å². The number of nitrogens with zero attached hydrogens (tertiary/aromatic N) is 3. The van der Waals surface area contributed by atoms with Crippen molar-refractivity contribution in [3.05, 3.63) is 41.2 Å². The van der Waals surface area contributed by atoms with Gasteiger partial charge in [-0.05, 0) is 55.9 Å². The smallest absolute Gasteiger partial charge is 0.315 e. The number of halogens is 1. The van der Waals surface area contributed by atoms with Crippen LogP contribution in [0.2, 0.25) is 5.02 Å². The Hall–Kier alpha value is -2.38. The Morgan fingerprint density at radius 1 is 1.29 bits per heavy atom. The highest BCUT2D eigenvalue weighted by Gasteiger charge is 2.53. The minimum absolute atomic E-state index is 0.344. The molecule has 2 aromatic heterocycles. The standard InChI is InChI=1S/C23H29ClN4O3/c1-15(2)14-28(17-7-11-31-12-8-17)18-4-5-19(23(9-10-23)22(29)30)26-21(18)27-20-6-3-16(24)13-25-20/h3-6,13,15,17H,7-12,14H2,1-2H3,(H,29,30)(H,25,26,27). The molecule has 2 N–H and O–H groups in total. The molecular formula is C23H29ClN4O3. The maximum absolute atomic E-state index is 11.9. The van der Waals surface area contributed by atoms with Crippen molar-refractivity contribution in [3.63, 3.8) is 0 Å². The lowest BCUT2D eigenvalue weighted by atomic mass is 10.0. The molecule has 0 bridgehead atoms. The molecule has 0 radical (unpaired) electrons. The van der Waals surface area contributed by atoms with Gasteiger partial charge in [0.15, 0.2) is 5.82 Å². The van der Waals surface area contributed by atoms with Gasteiger partial charge in [0.05, 0.1) is 16.4 Å². The zero-order chi connectivity index (χ0) is 22.0. The van der Waals surface area contributed by atoms with Crippen LogP contribution in [-0.2, 0) is 14.9 Å². The molecule has 3 heterocycles. The molecule has 2 fully saturated rings. The second kappa shape index (κ2) is 9.01. The molecule has 2 aromatic rings. The Labute approximate surface area is 187 Å². The molecule has 0 aromatic carbocycles. The van der Waals surface area contributed by atoms with Gasteiger partial charge in [-0.3, -0.25) is 4.79 Å². The molecule has 4 rings (SSSR count). The molecular weight excluding hydrogens is 416 g/mol. The molecule has 2 aliphatic rings. The van der Waals surface area contributed by atoms with E-state index in [0.717, 1.165) is 38.3 Å². The third kappa shape index (κ3) is 4.77. The van der Waals surface area contributed by atoms with Crippen molar-refractivity contribution in [1.29, 1.82) is 0 Å². The number of aromatic nitrogens is 2. The van der Waals surface area contributed by atoms with Crippen molar-refractivity contribution in [1.82, 2.24) is 9.97 Å². The Morgan fingerprint density at radius 2 is 2.03 bits per heavy atom. The van der Waals surface area contributed by atoms with E-state index in [-0.39, 0.29) is 0 Å². The molecule has 1 saturated heterocycles. The van der Waals surface area contributed by atoms with Crippen LogP contribution in [0.4, 0.5) is 17.3 Å². The van der Waals surface area contributed by atoms with Crippen LogP contribution in [0.1, 0.15) is 45.2 Å². The van der Waals surface area contributed by atoms with Crippen molar-refractivity contribution in [2.24, 2.45) is 5.92 Å². The summed E-state index contributed by atoms with van der Waals surface area (Å²) in [5, 5.41) is 13.6. The van der Waals surface area contributed by atoms with Crippen LogP contribution < -0.4 is 10.2 Å². The molecule has 1 aliphatic heterocycles. The normalized spacial score (nSPS) is 18.1. The van der Waals surface area contributed by atoms with Gasteiger partial charge in [0, 0.05) is 32.0 Å². The summed E-state index contributed by atoms with van der Waals surface area (Å²) in [5.41, 5.74) is 0.684. The second-order valence-electron chi connectivity index (χ2n) is 8.83. The Morgan fingerprint density at radius 3 is 2.61 bits per heavy atom. The van der Waals surface area contributed by atoms with Gasteiger partial charge in [0.25, 0.3) is 0 Å². The quantitative estimate of drug-likeness (QED) is 0.613. The lowest BCUT2D eigenvalue weighted by molar-refractivity contribution is -0.140. The largest absolute Gasteiger partial charge is 0.481 e. The number of hydrogen-bond acceptors (Lipinski definition) is 6. The molecule has 1 saturated carbocycles. The van der Waals surface area contributed by atoms with Gasteiger partial charge in [0.1, 0.15) is 11.2 Å². The second-order valence-corrected chi connectivity index (χ2v) is 9.26. The molecule has 8 heteroatoms. The number of carboxylic acid groups (broad SMARTS) is 1. The van der Waals surface area contributed by atoms with Gasteiger partial charge in [0.2, 0.25) is 0 Å². The minimum atomic E-state index is -0.871. The fourth-order valence-electron chi connectivity index (χ4n) is 4.15. The summed E-state index contributed by atoms with van der Waals surface area (Å²) < 4.78 is 5.58. The molecule has 1 aliphatic carbocycles. The summed E-state index contributed by atoms with van der Waals surface area (Å²) in [5.74, 6) is 0.892. The first-order chi connectivity index (χ1) is 14.9. The predicted octanol–water partition coefficient (Wildman–Crippen LogP) is 4.63. The number of carboxylic acids is 1. The summed E-state index contributed by atoms with van der Waals surface area (Å²) in [6, 6.07) is 7.80. The molecule has 31 heavy (non-hydrogen) atoms. The highest BCUT2D eigenvalue weighted by molar-refractivity contribution is 6.30. The van der Waals surface area contributed by atoms with E-state index >= 15 is 0 Å². The molecule has 7 nitrogen and oxygen atoms in total. The van der Waals surface area contributed by atoms with Gasteiger partial charge >= 0.3 is 5.97 Å². The van der Waals surface area contributed by atoms with Crippen molar-refractivity contribution in [2.45, 2.75) is 51.0 Å².